The molecule has 0 aliphatic heterocycles. The van der Waals surface area contributed by atoms with E-state index in [-0.39, 0.29) is 18.2 Å². The van der Waals surface area contributed by atoms with Crippen molar-refractivity contribution >= 4 is 24.0 Å². The summed E-state index contributed by atoms with van der Waals surface area (Å²) in [7, 11) is 2.98. The third-order valence-corrected chi connectivity index (χ3v) is 4.84. The van der Waals surface area contributed by atoms with Gasteiger partial charge in [0.1, 0.15) is 5.75 Å². The van der Waals surface area contributed by atoms with Crippen LogP contribution in [0.5, 0.6) is 17.2 Å². The molecule has 2 N–H and O–H groups in total. The number of aryl methyl sites for hydroxylation is 1. The zero-order valence-electron chi connectivity index (χ0n) is 19.5. The fourth-order valence-electron chi connectivity index (χ4n) is 2.92. The average molecular weight is 476 g/mol. The van der Waals surface area contributed by atoms with Gasteiger partial charge in [0.2, 0.25) is 0 Å². The van der Waals surface area contributed by atoms with E-state index in [0.717, 1.165) is 5.56 Å². The van der Waals surface area contributed by atoms with Crippen molar-refractivity contribution in [1.82, 2.24) is 10.7 Å². The summed E-state index contributed by atoms with van der Waals surface area (Å²) in [6.45, 7) is 1.69. The minimum absolute atomic E-state index is 0.229. The smallest absolute Gasteiger partial charge is 0.343 e. The molecule has 2 amide bonds. The quantitative estimate of drug-likeness (QED) is 0.213. The predicted molar refractivity (Wildman–Crippen MR) is 130 cm³/mol. The first-order valence-electron chi connectivity index (χ1n) is 10.6. The molecule has 3 rings (SSSR count). The zero-order valence-corrected chi connectivity index (χ0v) is 19.5. The maximum Gasteiger partial charge on any atom is 0.343 e. The van der Waals surface area contributed by atoms with E-state index in [4.69, 9.17) is 14.2 Å². The highest BCUT2D eigenvalue weighted by Crippen LogP contribution is 2.28. The van der Waals surface area contributed by atoms with Crippen molar-refractivity contribution in [2.24, 2.45) is 5.10 Å². The molecule has 0 aliphatic carbocycles. The van der Waals surface area contributed by atoms with Crippen molar-refractivity contribution in [2.45, 2.75) is 6.92 Å². The van der Waals surface area contributed by atoms with E-state index in [1.807, 2.05) is 19.1 Å². The Bertz CT molecular complexity index is 1220. The largest absolute Gasteiger partial charge is 0.497 e. The Kier molecular flexibility index (Phi) is 8.55. The highest BCUT2D eigenvalue weighted by molar-refractivity contribution is 5.96. The average Bonchev–Trinajstić information content (AvgIpc) is 2.88. The summed E-state index contributed by atoms with van der Waals surface area (Å²) in [5.74, 6) is -0.219. The van der Waals surface area contributed by atoms with E-state index in [9.17, 15) is 14.4 Å². The Morgan fingerprint density at radius 2 is 1.54 bits per heavy atom. The van der Waals surface area contributed by atoms with E-state index in [0.29, 0.717) is 28.2 Å². The number of nitrogens with zero attached hydrogens (tertiary/aromatic N) is 1. The molecule has 9 heteroatoms. The molecule has 0 fully saturated rings. The molecule has 0 spiro atoms. The number of hydrazone groups is 1. The van der Waals surface area contributed by atoms with Crippen LogP contribution in [0.1, 0.15) is 31.8 Å². The minimum atomic E-state index is -0.549. The standard InChI is InChI=1S/C26H25N3O6/c1-17-4-7-19(8-5-17)25(31)27-16-24(30)29-28-15-18-6-13-22(23(14-18)34-3)35-26(32)20-9-11-21(33-2)12-10-20/h4-15H,16H2,1-3H3,(H,27,31)(H,29,30)/b28-15-. The van der Waals surface area contributed by atoms with E-state index >= 15 is 0 Å². The van der Waals surface area contributed by atoms with Crippen molar-refractivity contribution in [3.63, 3.8) is 0 Å². The molecular weight excluding hydrogens is 450 g/mol. The number of methoxy groups -OCH3 is 2. The lowest BCUT2D eigenvalue weighted by atomic mass is 10.1. The van der Waals surface area contributed by atoms with E-state index in [1.165, 1.54) is 13.3 Å². The number of rotatable bonds is 9. The Morgan fingerprint density at radius 3 is 2.20 bits per heavy atom. The van der Waals surface area contributed by atoms with Crippen LogP contribution in [-0.4, -0.2) is 44.8 Å². The summed E-state index contributed by atoms with van der Waals surface area (Å²) < 4.78 is 15.8. The molecule has 35 heavy (non-hydrogen) atoms. The number of esters is 1. The molecule has 180 valence electrons. The first kappa shape index (κ1) is 25.0. The predicted octanol–water partition coefficient (Wildman–Crippen LogP) is 3.11. The van der Waals surface area contributed by atoms with Gasteiger partial charge in [-0.3, -0.25) is 9.59 Å². The van der Waals surface area contributed by atoms with Crippen LogP contribution in [0, 0.1) is 6.92 Å². The monoisotopic (exact) mass is 475 g/mol. The molecular formula is C26H25N3O6. The van der Waals surface area contributed by atoms with Crippen LogP contribution in [-0.2, 0) is 4.79 Å². The number of ether oxygens (including phenoxy) is 3. The number of amides is 2. The van der Waals surface area contributed by atoms with Gasteiger partial charge in [0.15, 0.2) is 11.5 Å². The van der Waals surface area contributed by atoms with Crippen molar-refractivity contribution in [3.05, 3.63) is 89.0 Å². The van der Waals surface area contributed by atoms with Crippen molar-refractivity contribution in [2.75, 3.05) is 20.8 Å². The third-order valence-electron chi connectivity index (χ3n) is 4.84. The molecule has 0 radical (unpaired) electrons. The Morgan fingerprint density at radius 1 is 0.857 bits per heavy atom. The summed E-state index contributed by atoms with van der Waals surface area (Å²) in [5.41, 5.74) is 4.79. The second kappa shape index (κ2) is 12.0. The van der Waals surface area contributed by atoms with Gasteiger partial charge in [-0.1, -0.05) is 17.7 Å². The fourth-order valence-corrected chi connectivity index (χ4v) is 2.92. The highest BCUT2D eigenvalue weighted by atomic mass is 16.6. The molecule has 0 bridgehead atoms. The molecule has 0 atom stereocenters. The second-order valence-corrected chi connectivity index (χ2v) is 7.37. The van der Waals surface area contributed by atoms with Crippen LogP contribution in [0.4, 0.5) is 0 Å². The molecule has 0 saturated heterocycles. The molecule has 3 aromatic rings. The fraction of sp³-hybridized carbons (Fsp3) is 0.154. The van der Waals surface area contributed by atoms with Crippen LogP contribution >= 0.6 is 0 Å². The van der Waals surface area contributed by atoms with Crippen molar-refractivity contribution in [1.29, 1.82) is 0 Å². The number of hydrogen-bond acceptors (Lipinski definition) is 7. The van der Waals surface area contributed by atoms with E-state index in [1.54, 1.807) is 61.7 Å². The molecule has 0 unspecified atom stereocenters. The third kappa shape index (κ3) is 7.16. The lowest BCUT2D eigenvalue weighted by molar-refractivity contribution is -0.120. The number of carbonyl (C=O) groups excluding carboxylic acids is 3. The van der Waals surface area contributed by atoms with Crippen molar-refractivity contribution in [3.8, 4) is 17.2 Å². The van der Waals surface area contributed by atoms with E-state index in [2.05, 4.69) is 15.8 Å². The van der Waals surface area contributed by atoms with Crippen LogP contribution in [0.15, 0.2) is 71.8 Å². The van der Waals surface area contributed by atoms with Gasteiger partial charge in [-0.25, -0.2) is 10.2 Å². The van der Waals surface area contributed by atoms with Crippen LogP contribution < -0.4 is 25.0 Å². The Labute approximate surface area is 202 Å². The van der Waals surface area contributed by atoms with Gasteiger partial charge in [-0.15, -0.1) is 0 Å². The number of nitrogens with one attached hydrogen (secondary N) is 2. The van der Waals surface area contributed by atoms with Gasteiger partial charge >= 0.3 is 5.97 Å². The summed E-state index contributed by atoms with van der Waals surface area (Å²) >= 11 is 0. The van der Waals surface area contributed by atoms with Gasteiger partial charge in [-0.2, -0.15) is 5.10 Å². The van der Waals surface area contributed by atoms with Crippen molar-refractivity contribution < 1.29 is 28.6 Å². The van der Waals surface area contributed by atoms with Gasteiger partial charge in [-0.05, 0) is 67.1 Å². The highest BCUT2D eigenvalue weighted by Gasteiger charge is 2.13. The van der Waals surface area contributed by atoms with Gasteiger partial charge < -0.3 is 19.5 Å². The van der Waals surface area contributed by atoms with Crippen LogP contribution in [0.2, 0.25) is 0 Å². The van der Waals surface area contributed by atoms with Crippen LogP contribution in [0.3, 0.4) is 0 Å². The first-order chi connectivity index (χ1) is 16.9. The molecule has 0 aliphatic rings. The number of carbonyl (C=O) groups is 3. The SMILES string of the molecule is COc1ccc(C(=O)Oc2ccc(/C=N\NC(=O)CNC(=O)c3ccc(C)cc3)cc2OC)cc1. The Hall–Kier alpha value is -4.66. The minimum Gasteiger partial charge on any atom is -0.497 e. The summed E-state index contributed by atoms with van der Waals surface area (Å²) in [5, 5.41) is 6.41. The normalized spacial score (nSPS) is 10.5. The molecule has 9 nitrogen and oxygen atoms in total. The number of benzene rings is 3. The Balaban J connectivity index is 1.53. The first-order valence-corrected chi connectivity index (χ1v) is 10.6. The topological polar surface area (TPSA) is 115 Å². The maximum atomic E-state index is 12.4. The summed E-state index contributed by atoms with van der Waals surface area (Å²) in [6, 6.07) is 18.3. The van der Waals surface area contributed by atoms with Gasteiger partial charge in [0.25, 0.3) is 11.8 Å². The summed E-state index contributed by atoms with van der Waals surface area (Å²) in [4.78, 5) is 36.4. The molecule has 3 aromatic carbocycles. The molecule has 0 heterocycles. The summed E-state index contributed by atoms with van der Waals surface area (Å²) in [6.07, 6.45) is 1.40. The van der Waals surface area contributed by atoms with E-state index < -0.39 is 11.9 Å². The second-order valence-electron chi connectivity index (χ2n) is 7.37. The molecule has 0 saturated carbocycles. The van der Waals surface area contributed by atoms with Gasteiger partial charge in [0, 0.05) is 5.56 Å². The lowest BCUT2D eigenvalue weighted by Crippen LogP contribution is -2.34. The zero-order chi connectivity index (χ0) is 25.2. The molecule has 0 aromatic heterocycles. The maximum absolute atomic E-state index is 12.4. The number of hydrogen-bond donors (Lipinski definition) is 2. The lowest BCUT2D eigenvalue weighted by Gasteiger charge is -2.10. The van der Waals surface area contributed by atoms with Gasteiger partial charge in [0.05, 0.1) is 32.5 Å². The van der Waals surface area contributed by atoms with Crippen LogP contribution in [0.25, 0.3) is 0 Å².